The summed E-state index contributed by atoms with van der Waals surface area (Å²) in [5.74, 6) is 0.218. The second-order valence-corrected chi connectivity index (χ2v) is 3.95. The molecule has 3 heteroatoms. The van der Waals surface area contributed by atoms with Crippen LogP contribution in [0.4, 0.5) is 0 Å². The lowest BCUT2D eigenvalue weighted by Gasteiger charge is -2.09. The fourth-order valence-electron chi connectivity index (χ4n) is 1.16. The van der Waals surface area contributed by atoms with Gasteiger partial charge in [-0.3, -0.25) is 9.63 Å². The van der Waals surface area contributed by atoms with Gasteiger partial charge in [0.1, 0.15) is 0 Å². The van der Waals surface area contributed by atoms with Gasteiger partial charge in [-0.15, -0.1) is 0 Å². The Kier molecular flexibility index (Phi) is 4.31. The van der Waals surface area contributed by atoms with Crippen LogP contribution in [-0.2, 0) is 4.84 Å². The highest BCUT2D eigenvalue weighted by atomic mass is 16.6. The smallest absolute Gasteiger partial charge is 0.273 e. The summed E-state index contributed by atoms with van der Waals surface area (Å²) in [4.78, 5) is 16.7. The van der Waals surface area contributed by atoms with Crippen LogP contribution in [0.1, 0.15) is 29.8 Å². The molecule has 0 saturated carbocycles. The van der Waals surface area contributed by atoms with E-state index in [1.54, 1.807) is 6.07 Å². The Bertz CT molecular complexity index is 334. The topological polar surface area (TPSA) is 38.3 Å². The standard InChI is InChI=1S/C12H17NO2/c1-9(2)8-15-13-12(14)11-7-5-4-6-10(11)3/h4-7,9H,8H2,1-3H3,(H,13,14). The third-order valence-electron chi connectivity index (χ3n) is 1.97. The summed E-state index contributed by atoms with van der Waals surface area (Å²) in [6, 6.07) is 7.42. The lowest BCUT2D eigenvalue weighted by Crippen LogP contribution is -2.26. The summed E-state index contributed by atoms with van der Waals surface area (Å²) in [7, 11) is 0. The third kappa shape index (κ3) is 3.72. The zero-order valence-electron chi connectivity index (χ0n) is 9.41. The van der Waals surface area contributed by atoms with Crippen molar-refractivity contribution in [3.63, 3.8) is 0 Å². The van der Waals surface area contributed by atoms with Gasteiger partial charge in [0.2, 0.25) is 0 Å². The van der Waals surface area contributed by atoms with Crippen LogP contribution in [0.3, 0.4) is 0 Å². The molecule has 0 radical (unpaired) electrons. The average Bonchev–Trinajstić information content (AvgIpc) is 2.17. The highest BCUT2D eigenvalue weighted by Gasteiger charge is 2.07. The fraction of sp³-hybridized carbons (Fsp3) is 0.417. The second kappa shape index (κ2) is 5.51. The molecule has 0 bridgehead atoms. The molecule has 0 heterocycles. The van der Waals surface area contributed by atoms with Crippen LogP contribution in [-0.4, -0.2) is 12.5 Å². The van der Waals surface area contributed by atoms with E-state index in [9.17, 15) is 4.79 Å². The van der Waals surface area contributed by atoms with Crippen LogP contribution in [0.15, 0.2) is 24.3 Å². The second-order valence-electron chi connectivity index (χ2n) is 3.95. The number of benzene rings is 1. The van der Waals surface area contributed by atoms with Crippen LogP contribution in [0.2, 0.25) is 0 Å². The Morgan fingerprint density at radius 3 is 2.67 bits per heavy atom. The first-order valence-corrected chi connectivity index (χ1v) is 5.09. The van der Waals surface area contributed by atoms with Gasteiger partial charge in [-0.2, -0.15) is 0 Å². The number of rotatable bonds is 4. The Morgan fingerprint density at radius 1 is 1.40 bits per heavy atom. The quantitative estimate of drug-likeness (QED) is 0.769. The predicted molar refractivity (Wildman–Crippen MR) is 59.4 cm³/mol. The molecule has 0 spiro atoms. The molecule has 3 nitrogen and oxygen atoms in total. The number of hydrogen-bond donors (Lipinski definition) is 1. The molecular formula is C12H17NO2. The lowest BCUT2D eigenvalue weighted by molar-refractivity contribution is 0.0208. The Balaban J connectivity index is 2.51. The molecular weight excluding hydrogens is 190 g/mol. The molecule has 1 amide bonds. The average molecular weight is 207 g/mol. The van der Waals surface area contributed by atoms with Crippen molar-refractivity contribution in [3.8, 4) is 0 Å². The molecule has 0 saturated heterocycles. The van der Waals surface area contributed by atoms with Gasteiger partial charge in [0.15, 0.2) is 0 Å². The van der Waals surface area contributed by atoms with Crippen molar-refractivity contribution in [2.24, 2.45) is 5.92 Å². The fourth-order valence-corrected chi connectivity index (χ4v) is 1.16. The minimum absolute atomic E-state index is 0.186. The maximum absolute atomic E-state index is 11.6. The molecule has 1 rings (SSSR count). The molecule has 15 heavy (non-hydrogen) atoms. The van der Waals surface area contributed by atoms with Crippen molar-refractivity contribution in [2.75, 3.05) is 6.61 Å². The Labute approximate surface area is 90.4 Å². The summed E-state index contributed by atoms with van der Waals surface area (Å²) in [5, 5.41) is 0. The molecule has 1 aromatic rings. The largest absolute Gasteiger partial charge is 0.275 e. The van der Waals surface area contributed by atoms with Crippen LogP contribution < -0.4 is 5.48 Å². The van der Waals surface area contributed by atoms with E-state index < -0.39 is 0 Å². The van der Waals surface area contributed by atoms with E-state index in [0.29, 0.717) is 18.1 Å². The van der Waals surface area contributed by atoms with E-state index in [0.717, 1.165) is 5.56 Å². The van der Waals surface area contributed by atoms with Crippen LogP contribution in [0.5, 0.6) is 0 Å². The van der Waals surface area contributed by atoms with Gasteiger partial charge in [-0.25, -0.2) is 5.48 Å². The highest BCUT2D eigenvalue weighted by Crippen LogP contribution is 2.06. The van der Waals surface area contributed by atoms with E-state index in [2.05, 4.69) is 5.48 Å². The summed E-state index contributed by atoms with van der Waals surface area (Å²) in [6.45, 7) is 6.48. The normalized spacial score (nSPS) is 10.4. The summed E-state index contributed by atoms with van der Waals surface area (Å²) in [6.07, 6.45) is 0. The minimum atomic E-state index is -0.186. The monoisotopic (exact) mass is 207 g/mol. The van der Waals surface area contributed by atoms with Crippen molar-refractivity contribution < 1.29 is 9.63 Å². The van der Waals surface area contributed by atoms with Crippen LogP contribution in [0, 0.1) is 12.8 Å². The van der Waals surface area contributed by atoms with Crippen molar-refractivity contribution in [3.05, 3.63) is 35.4 Å². The number of aryl methyl sites for hydroxylation is 1. The van der Waals surface area contributed by atoms with Gasteiger partial charge in [0, 0.05) is 5.56 Å². The molecule has 0 fully saturated rings. The summed E-state index contributed by atoms with van der Waals surface area (Å²) >= 11 is 0. The van der Waals surface area contributed by atoms with Crippen molar-refractivity contribution in [1.29, 1.82) is 0 Å². The molecule has 0 aliphatic heterocycles. The van der Waals surface area contributed by atoms with Crippen molar-refractivity contribution in [2.45, 2.75) is 20.8 Å². The Hall–Kier alpha value is -1.35. The Morgan fingerprint density at radius 2 is 2.07 bits per heavy atom. The lowest BCUT2D eigenvalue weighted by atomic mass is 10.1. The van der Waals surface area contributed by atoms with Crippen LogP contribution >= 0.6 is 0 Å². The predicted octanol–water partition coefficient (Wildman–Crippen LogP) is 2.31. The van der Waals surface area contributed by atoms with Gasteiger partial charge in [-0.05, 0) is 24.5 Å². The van der Waals surface area contributed by atoms with Crippen molar-refractivity contribution in [1.82, 2.24) is 5.48 Å². The minimum Gasteiger partial charge on any atom is -0.273 e. The van der Waals surface area contributed by atoms with E-state index in [1.165, 1.54) is 0 Å². The number of amides is 1. The zero-order valence-corrected chi connectivity index (χ0v) is 9.41. The summed E-state index contributed by atoms with van der Waals surface area (Å²) < 4.78 is 0. The maximum atomic E-state index is 11.6. The molecule has 1 aromatic carbocycles. The first-order chi connectivity index (χ1) is 7.11. The molecule has 0 atom stereocenters. The maximum Gasteiger partial charge on any atom is 0.275 e. The number of carbonyl (C=O) groups is 1. The first kappa shape index (κ1) is 11.7. The molecule has 1 N–H and O–H groups in total. The van der Waals surface area contributed by atoms with Gasteiger partial charge >= 0.3 is 0 Å². The van der Waals surface area contributed by atoms with Gasteiger partial charge < -0.3 is 0 Å². The molecule has 0 aromatic heterocycles. The number of carbonyl (C=O) groups excluding carboxylic acids is 1. The number of hydroxylamine groups is 1. The number of hydrogen-bond acceptors (Lipinski definition) is 2. The van der Waals surface area contributed by atoms with Gasteiger partial charge in [-0.1, -0.05) is 32.0 Å². The molecule has 82 valence electrons. The van der Waals surface area contributed by atoms with Crippen molar-refractivity contribution >= 4 is 5.91 Å². The molecule has 0 aliphatic rings. The number of nitrogens with one attached hydrogen (secondary N) is 1. The van der Waals surface area contributed by atoms with Crippen LogP contribution in [0.25, 0.3) is 0 Å². The molecule has 0 unspecified atom stereocenters. The van der Waals surface area contributed by atoms with Gasteiger partial charge in [0.05, 0.1) is 6.61 Å². The molecule has 0 aliphatic carbocycles. The van der Waals surface area contributed by atoms with E-state index in [1.807, 2.05) is 39.0 Å². The van der Waals surface area contributed by atoms with E-state index in [4.69, 9.17) is 4.84 Å². The zero-order chi connectivity index (χ0) is 11.3. The SMILES string of the molecule is Cc1ccccc1C(=O)NOCC(C)C. The van der Waals surface area contributed by atoms with E-state index in [-0.39, 0.29) is 5.91 Å². The summed E-state index contributed by atoms with van der Waals surface area (Å²) in [5.41, 5.74) is 4.03. The van der Waals surface area contributed by atoms with Gasteiger partial charge in [0.25, 0.3) is 5.91 Å². The van der Waals surface area contributed by atoms with E-state index >= 15 is 0 Å². The highest BCUT2D eigenvalue weighted by molar-refractivity contribution is 5.94. The first-order valence-electron chi connectivity index (χ1n) is 5.09. The third-order valence-corrected chi connectivity index (χ3v) is 1.97.